The summed E-state index contributed by atoms with van der Waals surface area (Å²) in [4.78, 5) is 19.6. The van der Waals surface area contributed by atoms with Crippen LogP contribution in [0.1, 0.15) is 24.2 Å². The number of fused-ring (bicyclic) bond motifs is 1. The standard InChI is InChI=1S/C30H34N4O4/c1-36-27-13-12-23(18-28(27)37-2)19-31-30(35)33-16-14-22(15-17-33)20-34-26-11-7-6-10-25(26)32-29(34)21-38-24-8-4-3-5-9-24/h3-13,18,22H,14-17,19-21H2,1-2H3,(H,31,35). The number of imidazole rings is 1. The first-order valence-corrected chi connectivity index (χ1v) is 13.0. The maximum absolute atomic E-state index is 12.8. The van der Waals surface area contributed by atoms with Gasteiger partial charge in [0, 0.05) is 26.2 Å². The predicted molar refractivity (Wildman–Crippen MR) is 147 cm³/mol. The maximum atomic E-state index is 12.8. The van der Waals surface area contributed by atoms with E-state index in [1.165, 1.54) is 0 Å². The summed E-state index contributed by atoms with van der Waals surface area (Å²) in [6.07, 6.45) is 1.88. The molecule has 2 heterocycles. The number of benzene rings is 3. The van der Waals surface area contributed by atoms with Crippen molar-refractivity contribution in [2.45, 2.75) is 32.5 Å². The van der Waals surface area contributed by atoms with Gasteiger partial charge in [0.2, 0.25) is 0 Å². The van der Waals surface area contributed by atoms with Gasteiger partial charge in [-0.15, -0.1) is 0 Å². The van der Waals surface area contributed by atoms with Crippen LogP contribution in [0.25, 0.3) is 11.0 Å². The minimum atomic E-state index is -0.0386. The average Bonchev–Trinajstić information content (AvgIpc) is 3.32. The van der Waals surface area contributed by atoms with Gasteiger partial charge in [-0.05, 0) is 60.7 Å². The molecule has 2 amide bonds. The number of aromatic nitrogens is 2. The minimum absolute atomic E-state index is 0.0386. The fourth-order valence-corrected chi connectivity index (χ4v) is 4.96. The molecule has 8 heteroatoms. The highest BCUT2D eigenvalue weighted by atomic mass is 16.5. The van der Waals surface area contributed by atoms with Gasteiger partial charge in [0.25, 0.3) is 0 Å². The number of rotatable bonds is 9. The Hall–Kier alpha value is -4.20. The van der Waals surface area contributed by atoms with E-state index in [4.69, 9.17) is 19.2 Å². The second-order valence-electron chi connectivity index (χ2n) is 9.51. The number of hydrogen-bond donors (Lipinski definition) is 1. The first kappa shape index (κ1) is 25.4. The van der Waals surface area contributed by atoms with Crippen LogP contribution in [0.4, 0.5) is 4.79 Å². The van der Waals surface area contributed by atoms with Crippen molar-refractivity contribution in [3.63, 3.8) is 0 Å². The molecule has 0 saturated carbocycles. The molecule has 8 nitrogen and oxygen atoms in total. The summed E-state index contributed by atoms with van der Waals surface area (Å²) < 4.78 is 19.0. The lowest BCUT2D eigenvalue weighted by Gasteiger charge is -2.32. The molecule has 1 N–H and O–H groups in total. The Balaban J connectivity index is 1.17. The third-order valence-corrected chi connectivity index (χ3v) is 7.08. The van der Waals surface area contributed by atoms with Crippen LogP contribution in [0.3, 0.4) is 0 Å². The largest absolute Gasteiger partial charge is 0.493 e. The van der Waals surface area contributed by atoms with E-state index in [2.05, 4.69) is 16.0 Å². The van der Waals surface area contributed by atoms with Crippen LogP contribution in [-0.2, 0) is 19.7 Å². The van der Waals surface area contributed by atoms with Crippen molar-refractivity contribution in [2.24, 2.45) is 5.92 Å². The third kappa shape index (κ3) is 5.85. The zero-order valence-corrected chi connectivity index (χ0v) is 21.9. The normalized spacial score (nSPS) is 13.9. The molecule has 5 rings (SSSR count). The van der Waals surface area contributed by atoms with E-state index in [1.807, 2.05) is 71.6 Å². The summed E-state index contributed by atoms with van der Waals surface area (Å²) in [5.74, 6) is 3.53. The number of carbonyl (C=O) groups is 1. The molecule has 4 aromatic rings. The fraction of sp³-hybridized carbons (Fsp3) is 0.333. The molecule has 0 spiro atoms. The molecule has 1 aromatic heterocycles. The van der Waals surface area contributed by atoms with Gasteiger partial charge in [0.15, 0.2) is 11.5 Å². The molecule has 0 unspecified atom stereocenters. The van der Waals surface area contributed by atoms with Crippen molar-refractivity contribution >= 4 is 17.1 Å². The van der Waals surface area contributed by atoms with E-state index in [9.17, 15) is 4.79 Å². The van der Waals surface area contributed by atoms with Crippen LogP contribution in [0.5, 0.6) is 17.2 Å². The SMILES string of the molecule is COc1ccc(CNC(=O)N2CCC(Cn3c(COc4ccccc4)nc4ccccc43)CC2)cc1OC. The van der Waals surface area contributed by atoms with Gasteiger partial charge in [-0.25, -0.2) is 9.78 Å². The van der Waals surface area contributed by atoms with Gasteiger partial charge in [-0.1, -0.05) is 36.4 Å². The van der Waals surface area contributed by atoms with Crippen LogP contribution in [0.2, 0.25) is 0 Å². The van der Waals surface area contributed by atoms with E-state index in [0.29, 0.717) is 30.6 Å². The van der Waals surface area contributed by atoms with E-state index < -0.39 is 0 Å². The number of likely N-dealkylation sites (tertiary alicyclic amines) is 1. The topological polar surface area (TPSA) is 77.9 Å². The first-order valence-electron chi connectivity index (χ1n) is 13.0. The number of piperidine rings is 1. The molecule has 0 atom stereocenters. The van der Waals surface area contributed by atoms with Crippen LogP contribution < -0.4 is 19.5 Å². The lowest BCUT2D eigenvalue weighted by atomic mass is 9.96. The Morgan fingerprint density at radius 1 is 0.947 bits per heavy atom. The molecule has 3 aromatic carbocycles. The van der Waals surface area contributed by atoms with Crippen LogP contribution in [0.15, 0.2) is 72.8 Å². The van der Waals surface area contributed by atoms with Crippen LogP contribution in [0, 0.1) is 5.92 Å². The Morgan fingerprint density at radius 3 is 2.45 bits per heavy atom. The molecule has 38 heavy (non-hydrogen) atoms. The number of hydrogen-bond acceptors (Lipinski definition) is 5. The molecule has 198 valence electrons. The molecule has 0 bridgehead atoms. The molecular weight excluding hydrogens is 480 g/mol. The second-order valence-corrected chi connectivity index (χ2v) is 9.51. The van der Waals surface area contributed by atoms with Crippen molar-refractivity contribution in [3.8, 4) is 17.2 Å². The Bertz CT molecular complexity index is 1360. The fourth-order valence-electron chi connectivity index (χ4n) is 4.96. The Morgan fingerprint density at radius 2 is 1.68 bits per heavy atom. The molecule has 1 aliphatic heterocycles. The molecule has 1 saturated heterocycles. The highest BCUT2D eigenvalue weighted by Crippen LogP contribution is 2.28. The smallest absolute Gasteiger partial charge is 0.317 e. The van der Waals surface area contributed by atoms with E-state index in [-0.39, 0.29) is 6.03 Å². The molecular formula is C30H34N4O4. The highest BCUT2D eigenvalue weighted by molar-refractivity contribution is 5.76. The van der Waals surface area contributed by atoms with Crippen molar-refractivity contribution in [1.29, 1.82) is 0 Å². The lowest BCUT2D eigenvalue weighted by Crippen LogP contribution is -2.44. The molecule has 1 fully saturated rings. The number of amides is 2. The summed E-state index contributed by atoms with van der Waals surface area (Å²) in [6, 6.07) is 23.7. The lowest BCUT2D eigenvalue weighted by molar-refractivity contribution is 0.164. The predicted octanol–water partition coefficient (Wildman–Crippen LogP) is 5.25. The number of ether oxygens (including phenoxy) is 3. The third-order valence-electron chi connectivity index (χ3n) is 7.08. The van der Waals surface area contributed by atoms with Crippen LogP contribution in [-0.4, -0.2) is 47.8 Å². The number of methoxy groups -OCH3 is 2. The Labute approximate surface area is 223 Å². The van der Waals surface area contributed by atoms with E-state index in [0.717, 1.165) is 60.6 Å². The first-order chi connectivity index (χ1) is 18.6. The maximum Gasteiger partial charge on any atom is 0.317 e. The zero-order valence-electron chi connectivity index (χ0n) is 21.9. The summed E-state index contributed by atoms with van der Waals surface area (Å²) >= 11 is 0. The summed E-state index contributed by atoms with van der Waals surface area (Å²) in [5, 5.41) is 3.04. The number of nitrogens with zero attached hydrogens (tertiary/aromatic N) is 3. The van der Waals surface area contributed by atoms with Gasteiger partial charge in [-0.2, -0.15) is 0 Å². The van der Waals surface area contributed by atoms with Gasteiger partial charge in [-0.3, -0.25) is 0 Å². The van der Waals surface area contributed by atoms with Crippen molar-refractivity contribution in [3.05, 3.63) is 84.2 Å². The van der Waals surface area contributed by atoms with Gasteiger partial charge in [0.05, 0.1) is 25.3 Å². The monoisotopic (exact) mass is 514 g/mol. The summed E-state index contributed by atoms with van der Waals surface area (Å²) in [5.41, 5.74) is 3.06. The van der Waals surface area contributed by atoms with E-state index >= 15 is 0 Å². The quantitative estimate of drug-likeness (QED) is 0.330. The molecule has 1 aliphatic rings. The van der Waals surface area contributed by atoms with Gasteiger partial charge < -0.3 is 29.0 Å². The Kier molecular flexibility index (Phi) is 7.97. The number of nitrogens with one attached hydrogen (secondary N) is 1. The number of carbonyl (C=O) groups excluding carboxylic acids is 1. The van der Waals surface area contributed by atoms with E-state index in [1.54, 1.807) is 14.2 Å². The van der Waals surface area contributed by atoms with Crippen LogP contribution >= 0.6 is 0 Å². The summed E-state index contributed by atoms with van der Waals surface area (Å²) in [7, 11) is 3.22. The van der Waals surface area contributed by atoms with Gasteiger partial charge in [0.1, 0.15) is 18.2 Å². The minimum Gasteiger partial charge on any atom is -0.493 e. The average molecular weight is 515 g/mol. The van der Waals surface area contributed by atoms with Crippen molar-refractivity contribution in [2.75, 3.05) is 27.3 Å². The number of urea groups is 1. The molecule has 0 radical (unpaired) electrons. The van der Waals surface area contributed by atoms with Crippen molar-refractivity contribution < 1.29 is 19.0 Å². The summed E-state index contributed by atoms with van der Waals surface area (Å²) in [6.45, 7) is 3.16. The number of para-hydroxylation sites is 3. The van der Waals surface area contributed by atoms with Crippen molar-refractivity contribution in [1.82, 2.24) is 19.8 Å². The second kappa shape index (κ2) is 11.9. The molecule has 0 aliphatic carbocycles. The highest BCUT2D eigenvalue weighted by Gasteiger charge is 2.24. The zero-order chi connectivity index (χ0) is 26.3. The van der Waals surface area contributed by atoms with Gasteiger partial charge >= 0.3 is 6.03 Å².